The van der Waals surface area contributed by atoms with Gasteiger partial charge in [0.1, 0.15) is 11.6 Å². The summed E-state index contributed by atoms with van der Waals surface area (Å²) in [5, 5.41) is 3.27. The lowest BCUT2D eigenvalue weighted by Crippen LogP contribution is -1.99. The monoisotopic (exact) mass is 363 g/mol. The smallest absolute Gasteiger partial charge is 0.224 e. The van der Waals surface area contributed by atoms with Gasteiger partial charge in [0.05, 0.1) is 5.69 Å². The molecule has 6 heteroatoms. The maximum Gasteiger partial charge on any atom is 0.224 e. The summed E-state index contributed by atoms with van der Waals surface area (Å²) < 4.78 is 13.7. The number of hydrogen-bond donors (Lipinski definition) is 1. The van der Waals surface area contributed by atoms with E-state index in [0.29, 0.717) is 5.82 Å². The molecule has 1 aromatic heterocycles. The van der Waals surface area contributed by atoms with Crippen molar-refractivity contribution in [1.29, 1.82) is 0 Å². The second-order valence-electron chi connectivity index (χ2n) is 3.42. The highest BCUT2D eigenvalue weighted by Crippen LogP contribution is 2.24. The Morgan fingerprint density at radius 2 is 2.18 bits per heavy atom. The van der Waals surface area contributed by atoms with E-state index in [1.165, 1.54) is 12.1 Å². The van der Waals surface area contributed by atoms with Crippen LogP contribution in [0.4, 0.5) is 15.9 Å². The molecule has 0 atom stereocenters. The maximum atomic E-state index is 13.0. The van der Waals surface area contributed by atoms with Crippen LogP contribution in [0.25, 0.3) is 0 Å². The average Bonchev–Trinajstić information content (AvgIpc) is 2.27. The second-order valence-corrected chi connectivity index (χ2v) is 4.92. The number of nitrogens with one attached hydrogen (secondary N) is 1. The van der Waals surface area contributed by atoms with Gasteiger partial charge in [-0.1, -0.05) is 0 Å². The van der Waals surface area contributed by atoms with Gasteiger partial charge in [-0.15, -0.1) is 0 Å². The highest BCUT2D eigenvalue weighted by atomic mass is 127. The first-order chi connectivity index (χ1) is 8.06. The standard InChI is InChI=1S/C11H8ClFIN3/c1-6-5-15-11(12)17-10(6)16-9-3-2-7(13)4-8(9)14/h2-5H,1H3,(H,15,16,17). The molecule has 0 bridgehead atoms. The summed E-state index contributed by atoms with van der Waals surface area (Å²) in [6.07, 6.45) is 1.63. The predicted octanol–water partition coefficient (Wildman–Crippen LogP) is 3.93. The van der Waals surface area contributed by atoms with Crippen molar-refractivity contribution < 1.29 is 4.39 Å². The Morgan fingerprint density at radius 1 is 1.41 bits per heavy atom. The van der Waals surface area contributed by atoms with Crippen molar-refractivity contribution in [3.63, 3.8) is 0 Å². The van der Waals surface area contributed by atoms with Gasteiger partial charge in [-0.2, -0.15) is 0 Å². The van der Waals surface area contributed by atoms with Crippen LogP contribution in [0.15, 0.2) is 24.4 Å². The molecule has 0 radical (unpaired) electrons. The van der Waals surface area contributed by atoms with Crippen LogP contribution in [0.1, 0.15) is 5.56 Å². The van der Waals surface area contributed by atoms with E-state index in [9.17, 15) is 4.39 Å². The van der Waals surface area contributed by atoms with Crippen LogP contribution in [0.5, 0.6) is 0 Å². The molecule has 3 nitrogen and oxygen atoms in total. The number of nitrogens with zero attached hydrogens (tertiary/aromatic N) is 2. The van der Waals surface area contributed by atoms with Gasteiger partial charge in [0, 0.05) is 15.3 Å². The summed E-state index contributed by atoms with van der Waals surface area (Å²) in [6, 6.07) is 4.50. The predicted molar refractivity (Wildman–Crippen MR) is 74.2 cm³/mol. The van der Waals surface area contributed by atoms with E-state index >= 15 is 0 Å². The van der Waals surface area contributed by atoms with Crippen LogP contribution < -0.4 is 5.32 Å². The lowest BCUT2D eigenvalue weighted by atomic mass is 10.3. The summed E-state index contributed by atoms with van der Waals surface area (Å²) in [5.74, 6) is 0.354. The Labute approximate surface area is 117 Å². The molecule has 17 heavy (non-hydrogen) atoms. The SMILES string of the molecule is Cc1cnc(Cl)nc1Nc1ccc(F)cc1I. The molecule has 0 amide bonds. The average molecular weight is 364 g/mol. The third-order valence-corrected chi connectivity index (χ3v) is 3.20. The third-order valence-electron chi connectivity index (χ3n) is 2.13. The lowest BCUT2D eigenvalue weighted by Gasteiger charge is -2.09. The van der Waals surface area contributed by atoms with E-state index in [-0.39, 0.29) is 11.1 Å². The van der Waals surface area contributed by atoms with Crippen molar-refractivity contribution in [1.82, 2.24) is 9.97 Å². The molecule has 0 aliphatic heterocycles. The summed E-state index contributed by atoms with van der Waals surface area (Å²) in [4.78, 5) is 7.95. The van der Waals surface area contributed by atoms with Crippen LogP contribution in [-0.4, -0.2) is 9.97 Å². The van der Waals surface area contributed by atoms with Crippen molar-refractivity contribution in [2.75, 3.05) is 5.32 Å². The number of aromatic nitrogens is 2. The number of hydrogen-bond acceptors (Lipinski definition) is 3. The quantitative estimate of drug-likeness (QED) is 0.649. The molecule has 0 aliphatic rings. The normalized spacial score (nSPS) is 10.4. The van der Waals surface area contributed by atoms with Crippen LogP contribution in [-0.2, 0) is 0 Å². The number of aryl methyl sites for hydroxylation is 1. The summed E-state index contributed by atoms with van der Waals surface area (Å²) in [7, 11) is 0. The topological polar surface area (TPSA) is 37.8 Å². The molecule has 0 fully saturated rings. The molecule has 0 unspecified atom stereocenters. The Morgan fingerprint density at radius 3 is 2.88 bits per heavy atom. The zero-order valence-corrected chi connectivity index (χ0v) is 11.8. The molecule has 0 aliphatic carbocycles. The minimum atomic E-state index is -0.266. The van der Waals surface area contributed by atoms with Gasteiger partial charge >= 0.3 is 0 Å². The van der Waals surface area contributed by atoms with Gasteiger partial charge in [-0.3, -0.25) is 0 Å². The molecule has 0 saturated heterocycles. The van der Waals surface area contributed by atoms with Crippen molar-refractivity contribution >= 4 is 45.7 Å². The number of halogens is 3. The van der Waals surface area contributed by atoms with Crippen LogP contribution in [0.3, 0.4) is 0 Å². The number of rotatable bonds is 2. The summed E-state index contributed by atoms with van der Waals surface area (Å²) in [6.45, 7) is 1.87. The van der Waals surface area contributed by atoms with E-state index in [1.807, 2.05) is 6.92 Å². The fourth-order valence-corrected chi connectivity index (χ4v) is 2.01. The van der Waals surface area contributed by atoms with Gasteiger partial charge in [-0.25, -0.2) is 14.4 Å². The molecule has 88 valence electrons. The minimum absolute atomic E-state index is 0.176. The Kier molecular flexibility index (Phi) is 3.78. The Hall–Kier alpha value is -0.950. The summed E-state index contributed by atoms with van der Waals surface area (Å²) >= 11 is 7.78. The molecule has 2 rings (SSSR count). The van der Waals surface area contributed by atoms with Crippen LogP contribution in [0.2, 0.25) is 5.28 Å². The van der Waals surface area contributed by atoms with Gasteiger partial charge < -0.3 is 5.32 Å². The molecule has 0 spiro atoms. The Balaban J connectivity index is 2.34. The zero-order valence-electron chi connectivity index (χ0n) is 8.84. The second kappa shape index (κ2) is 5.14. The molecule has 1 N–H and O–H groups in total. The maximum absolute atomic E-state index is 13.0. The fourth-order valence-electron chi connectivity index (χ4n) is 1.27. The fraction of sp³-hybridized carbons (Fsp3) is 0.0909. The van der Waals surface area contributed by atoms with Crippen molar-refractivity contribution in [3.05, 3.63) is 44.6 Å². The number of benzene rings is 1. The molecule has 1 heterocycles. The van der Waals surface area contributed by atoms with E-state index in [1.54, 1.807) is 12.3 Å². The zero-order chi connectivity index (χ0) is 12.4. The van der Waals surface area contributed by atoms with Gasteiger partial charge in [0.25, 0.3) is 0 Å². The van der Waals surface area contributed by atoms with Gasteiger partial charge in [0.2, 0.25) is 5.28 Å². The molecular formula is C11H8ClFIN3. The van der Waals surface area contributed by atoms with E-state index < -0.39 is 0 Å². The van der Waals surface area contributed by atoms with Crippen LogP contribution >= 0.6 is 34.2 Å². The van der Waals surface area contributed by atoms with E-state index in [4.69, 9.17) is 11.6 Å². The molecule has 0 saturated carbocycles. The highest BCUT2D eigenvalue weighted by Gasteiger charge is 2.06. The number of anilines is 2. The molecular weight excluding hydrogens is 355 g/mol. The lowest BCUT2D eigenvalue weighted by molar-refractivity contribution is 0.627. The first-order valence-electron chi connectivity index (χ1n) is 4.77. The van der Waals surface area contributed by atoms with Crippen molar-refractivity contribution in [3.8, 4) is 0 Å². The highest BCUT2D eigenvalue weighted by molar-refractivity contribution is 14.1. The molecule has 2 aromatic rings. The van der Waals surface area contributed by atoms with Crippen molar-refractivity contribution in [2.45, 2.75) is 6.92 Å². The van der Waals surface area contributed by atoms with Crippen LogP contribution in [0, 0.1) is 16.3 Å². The first-order valence-corrected chi connectivity index (χ1v) is 6.23. The van der Waals surface area contributed by atoms with E-state index in [2.05, 4.69) is 37.9 Å². The van der Waals surface area contributed by atoms with Crippen molar-refractivity contribution in [2.24, 2.45) is 0 Å². The van der Waals surface area contributed by atoms with Gasteiger partial charge in [-0.05, 0) is 59.3 Å². The largest absolute Gasteiger partial charge is 0.339 e. The molecule has 1 aromatic carbocycles. The van der Waals surface area contributed by atoms with Gasteiger partial charge in [0.15, 0.2) is 0 Å². The van der Waals surface area contributed by atoms with E-state index in [0.717, 1.165) is 14.8 Å². The minimum Gasteiger partial charge on any atom is -0.339 e. The Bertz CT molecular complexity index is 562. The summed E-state index contributed by atoms with van der Waals surface area (Å²) in [5.41, 5.74) is 1.65. The first kappa shape index (κ1) is 12.5. The third kappa shape index (κ3) is 3.04.